The number of nitrogen functional groups attached to an aromatic ring is 1. The van der Waals surface area contributed by atoms with Crippen molar-refractivity contribution in [1.29, 1.82) is 0 Å². The molecule has 1 aliphatic rings. The lowest BCUT2D eigenvalue weighted by Crippen LogP contribution is -2.24. The van der Waals surface area contributed by atoms with Crippen LogP contribution in [0.15, 0.2) is 18.2 Å². The van der Waals surface area contributed by atoms with E-state index in [0.29, 0.717) is 11.8 Å². The van der Waals surface area contributed by atoms with Crippen LogP contribution in [0, 0.1) is 0 Å². The molecule has 0 heterocycles. The van der Waals surface area contributed by atoms with E-state index in [1.165, 1.54) is 6.42 Å². The monoisotopic (exact) mass is 193 g/mol. The van der Waals surface area contributed by atoms with Gasteiger partial charge in [0.1, 0.15) is 11.5 Å². The molecule has 14 heavy (non-hydrogen) atoms. The number of hydrogen-bond acceptors (Lipinski definition) is 3. The maximum Gasteiger partial charge on any atom is 0.125 e. The number of nitrogens with two attached hydrogens (primary N) is 1. The van der Waals surface area contributed by atoms with Crippen molar-refractivity contribution in [2.24, 2.45) is 0 Å². The van der Waals surface area contributed by atoms with Gasteiger partial charge in [-0.3, -0.25) is 0 Å². The fraction of sp³-hybridized carbons (Fsp3) is 0.455. The molecule has 1 fully saturated rings. The summed E-state index contributed by atoms with van der Waals surface area (Å²) >= 11 is 0. The molecular formula is C11H15NO2. The zero-order valence-corrected chi connectivity index (χ0v) is 8.32. The molecule has 3 heteroatoms. The maximum atomic E-state index is 5.71. The molecule has 0 saturated heterocycles. The van der Waals surface area contributed by atoms with Crippen LogP contribution in [0.5, 0.6) is 11.5 Å². The van der Waals surface area contributed by atoms with Crippen molar-refractivity contribution in [2.45, 2.75) is 25.4 Å². The van der Waals surface area contributed by atoms with Crippen LogP contribution in [0.3, 0.4) is 0 Å². The Morgan fingerprint density at radius 1 is 1.21 bits per heavy atom. The van der Waals surface area contributed by atoms with Crippen LogP contribution in [-0.4, -0.2) is 13.2 Å². The summed E-state index contributed by atoms with van der Waals surface area (Å²) in [5, 5.41) is 0. The molecule has 0 spiro atoms. The standard InChI is InChI=1S/C11H15NO2/c1-13-10-5-8(12)6-11(7-10)14-9-3-2-4-9/h5-7,9H,2-4,12H2,1H3. The van der Waals surface area contributed by atoms with Gasteiger partial charge in [0, 0.05) is 23.9 Å². The Labute approximate surface area is 83.8 Å². The Kier molecular flexibility index (Phi) is 2.48. The highest BCUT2D eigenvalue weighted by Gasteiger charge is 2.19. The van der Waals surface area contributed by atoms with Gasteiger partial charge in [-0.25, -0.2) is 0 Å². The minimum Gasteiger partial charge on any atom is -0.497 e. The molecule has 0 bridgehead atoms. The predicted octanol–water partition coefficient (Wildman–Crippen LogP) is 2.21. The Hall–Kier alpha value is -1.38. The maximum absolute atomic E-state index is 5.71. The minimum absolute atomic E-state index is 0.376. The second-order valence-electron chi connectivity index (χ2n) is 3.61. The second-order valence-corrected chi connectivity index (χ2v) is 3.61. The number of benzene rings is 1. The largest absolute Gasteiger partial charge is 0.497 e. The number of ether oxygens (including phenoxy) is 2. The van der Waals surface area contributed by atoms with Gasteiger partial charge in [-0.05, 0) is 19.3 Å². The van der Waals surface area contributed by atoms with Crippen molar-refractivity contribution in [2.75, 3.05) is 12.8 Å². The minimum atomic E-state index is 0.376. The summed E-state index contributed by atoms with van der Waals surface area (Å²) in [6, 6.07) is 5.49. The predicted molar refractivity (Wildman–Crippen MR) is 55.7 cm³/mol. The van der Waals surface area contributed by atoms with Gasteiger partial charge in [0.15, 0.2) is 0 Å². The third kappa shape index (κ3) is 1.92. The lowest BCUT2D eigenvalue weighted by molar-refractivity contribution is 0.120. The van der Waals surface area contributed by atoms with E-state index in [1.807, 2.05) is 12.1 Å². The van der Waals surface area contributed by atoms with Crippen molar-refractivity contribution in [3.05, 3.63) is 18.2 Å². The summed E-state index contributed by atoms with van der Waals surface area (Å²) in [6.07, 6.45) is 3.94. The van der Waals surface area contributed by atoms with Gasteiger partial charge in [-0.2, -0.15) is 0 Å². The second kappa shape index (κ2) is 3.78. The van der Waals surface area contributed by atoms with Crippen LogP contribution in [0.25, 0.3) is 0 Å². The van der Waals surface area contributed by atoms with Crippen molar-refractivity contribution in [1.82, 2.24) is 0 Å². The summed E-state index contributed by atoms with van der Waals surface area (Å²) < 4.78 is 10.8. The summed E-state index contributed by atoms with van der Waals surface area (Å²) in [5.74, 6) is 1.56. The SMILES string of the molecule is COc1cc(N)cc(OC2CCC2)c1. The highest BCUT2D eigenvalue weighted by Crippen LogP contribution is 2.29. The molecule has 1 aromatic carbocycles. The average Bonchev–Trinajstić information content (AvgIpc) is 2.10. The van der Waals surface area contributed by atoms with E-state index >= 15 is 0 Å². The average molecular weight is 193 g/mol. The lowest BCUT2D eigenvalue weighted by Gasteiger charge is -2.26. The molecule has 2 rings (SSSR count). The first-order chi connectivity index (χ1) is 6.78. The number of hydrogen-bond donors (Lipinski definition) is 1. The van der Waals surface area contributed by atoms with Crippen molar-refractivity contribution in [3.8, 4) is 11.5 Å². The van der Waals surface area contributed by atoms with Crippen LogP contribution < -0.4 is 15.2 Å². The van der Waals surface area contributed by atoms with Gasteiger partial charge in [0.2, 0.25) is 0 Å². The van der Waals surface area contributed by atoms with E-state index in [1.54, 1.807) is 13.2 Å². The molecule has 0 aromatic heterocycles. The van der Waals surface area contributed by atoms with Crippen LogP contribution in [0.1, 0.15) is 19.3 Å². The highest BCUT2D eigenvalue weighted by atomic mass is 16.5. The van der Waals surface area contributed by atoms with Gasteiger partial charge in [0.25, 0.3) is 0 Å². The Morgan fingerprint density at radius 3 is 2.50 bits per heavy atom. The van der Waals surface area contributed by atoms with E-state index in [4.69, 9.17) is 15.2 Å². The molecule has 0 aliphatic heterocycles. The summed E-state index contributed by atoms with van der Waals surface area (Å²) in [4.78, 5) is 0. The molecule has 3 nitrogen and oxygen atoms in total. The molecule has 1 saturated carbocycles. The Bertz CT molecular complexity index is 321. The lowest BCUT2D eigenvalue weighted by atomic mass is 9.96. The number of methoxy groups -OCH3 is 1. The third-order valence-electron chi connectivity index (χ3n) is 2.49. The van der Waals surface area contributed by atoms with Gasteiger partial charge < -0.3 is 15.2 Å². The normalized spacial score (nSPS) is 16.1. The van der Waals surface area contributed by atoms with E-state index < -0.39 is 0 Å². The summed E-state index contributed by atoms with van der Waals surface area (Å²) in [7, 11) is 1.63. The molecule has 0 atom stereocenters. The first kappa shape index (κ1) is 9.19. The smallest absolute Gasteiger partial charge is 0.125 e. The van der Waals surface area contributed by atoms with Crippen LogP contribution >= 0.6 is 0 Å². The Morgan fingerprint density at radius 2 is 1.93 bits per heavy atom. The van der Waals surface area contributed by atoms with E-state index in [0.717, 1.165) is 24.3 Å². The molecule has 0 unspecified atom stereocenters. The highest BCUT2D eigenvalue weighted by molar-refractivity contribution is 5.50. The van der Waals surface area contributed by atoms with Crippen molar-refractivity contribution >= 4 is 5.69 Å². The Balaban J connectivity index is 2.11. The molecule has 76 valence electrons. The molecule has 1 aliphatic carbocycles. The zero-order valence-electron chi connectivity index (χ0n) is 8.32. The fourth-order valence-corrected chi connectivity index (χ4v) is 1.46. The fourth-order valence-electron chi connectivity index (χ4n) is 1.46. The van der Waals surface area contributed by atoms with E-state index in [9.17, 15) is 0 Å². The first-order valence-corrected chi connectivity index (χ1v) is 4.89. The van der Waals surface area contributed by atoms with Crippen molar-refractivity contribution in [3.63, 3.8) is 0 Å². The molecule has 1 aromatic rings. The van der Waals surface area contributed by atoms with E-state index in [2.05, 4.69) is 0 Å². The zero-order chi connectivity index (χ0) is 9.97. The molecule has 0 radical (unpaired) electrons. The van der Waals surface area contributed by atoms with E-state index in [-0.39, 0.29) is 0 Å². The molecular weight excluding hydrogens is 178 g/mol. The van der Waals surface area contributed by atoms with Gasteiger partial charge in [-0.1, -0.05) is 0 Å². The van der Waals surface area contributed by atoms with Crippen molar-refractivity contribution < 1.29 is 9.47 Å². The topological polar surface area (TPSA) is 44.5 Å². The van der Waals surface area contributed by atoms with Crippen LogP contribution in [0.2, 0.25) is 0 Å². The quantitative estimate of drug-likeness (QED) is 0.748. The third-order valence-corrected chi connectivity index (χ3v) is 2.49. The van der Waals surface area contributed by atoms with Gasteiger partial charge >= 0.3 is 0 Å². The number of rotatable bonds is 3. The number of anilines is 1. The van der Waals surface area contributed by atoms with Gasteiger partial charge in [-0.15, -0.1) is 0 Å². The van der Waals surface area contributed by atoms with Crippen LogP contribution in [0.4, 0.5) is 5.69 Å². The summed E-state index contributed by atoms with van der Waals surface area (Å²) in [5.41, 5.74) is 6.39. The molecule has 0 amide bonds. The summed E-state index contributed by atoms with van der Waals surface area (Å²) in [6.45, 7) is 0. The van der Waals surface area contributed by atoms with Gasteiger partial charge in [0.05, 0.1) is 13.2 Å². The first-order valence-electron chi connectivity index (χ1n) is 4.89. The van der Waals surface area contributed by atoms with Crippen LogP contribution in [-0.2, 0) is 0 Å². The molecule has 2 N–H and O–H groups in total.